The summed E-state index contributed by atoms with van der Waals surface area (Å²) in [5.74, 6) is 0. The molecule has 5 rings (SSSR count). The molecule has 0 amide bonds. The van der Waals surface area contributed by atoms with Crippen molar-refractivity contribution in [3.05, 3.63) is 77.4 Å². The minimum absolute atomic E-state index is 0.999. The third kappa shape index (κ3) is 1.46. The van der Waals surface area contributed by atoms with E-state index < -0.39 is 0 Å². The van der Waals surface area contributed by atoms with Gasteiger partial charge < -0.3 is 0 Å². The first-order valence-electron chi connectivity index (χ1n) is 7.72. The molecule has 1 aliphatic carbocycles. The second-order valence-electron chi connectivity index (χ2n) is 6.08. The van der Waals surface area contributed by atoms with Crippen LogP contribution in [0.25, 0.3) is 32.9 Å². The SMILES string of the molecule is Cc1c2c(nc3ccccc13)-c1c(ccc3ccccc13)C2. The number of nitrogens with zero attached hydrogens (tertiary/aromatic N) is 1. The topological polar surface area (TPSA) is 12.9 Å². The van der Waals surface area contributed by atoms with Gasteiger partial charge in [-0.05, 0) is 40.5 Å². The monoisotopic (exact) mass is 281 g/mol. The third-order valence-electron chi connectivity index (χ3n) is 4.90. The van der Waals surface area contributed by atoms with E-state index in [1.807, 2.05) is 0 Å². The maximum absolute atomic E-state index is 5.01. The molecule has 0 saturated carbocycles. The number of hydrogen-bond donors (Lipinski definition) is 0. The molecule has 4 aromatic rings. The maximum Gasteiger partial charge on any atom is 0.0756 e. The van der Waals surface area contributed by atoms with Crippen molar-refractivity contribution in [2.24, 2.45) is 0 Å². The Kier molecular flexibility index (Phi) is 2.26. The van der Waals surface area contributed by atoms with Crippen LogP contribution in [0, 0.1) is 6.92 Å². The Morgan fingerprint density at radius 3 is 2.50 bits per heavy atom. The van der Waals surface area contributed by atoms with Gasteiger partial charge in [0.25, 0.3) is 0 Å². The average Bonchev–Trinajstić information content (AvgIpc) is 2.94. The molecule has 0 N–H and O–H groups in total. The summed E-state index contributed by atoms with van der Waals surface area (Å²) in [6, 6.07) is 21.6. The number of para-hydroxylation sites is 1. The number of rotatable bonds is 0. The summed E-state index contributed by atoms with van der Waals surface area (Å²) in [7, 11) is 0. The fourth-order valence-electron chi connectivity index (χ4n) is 3.77. The summed E-state index contributed by atoms with van der Waals surface area (Å²) in [5, 5.41) is 3.89. The highest BCUT2D eigenvalue weighted by Gasteiger charge is 2.24. The predicted molar refractivity (Wildman–Crippen MR) is 92.2 cm³/mol. The van der Waals surface area contributed by atoms with E-state index in [1.165, 1.54) is 44.1 Å². The van der Waals surface area contributed by atoms with Gasteiger partial charge in [0.2, 0.25) is 0 Å². The van der Waals surface area contributed by atoms with Crippen LogP contribution in [0.3, 0.4) is 0 Å². The zero-order chi connectivity index (χ0) is 14.7. The van der Waals surface area contributed by atoms with Crippen molar-refractivity contribution in [2.75, 3.05) is 0 Å². The summed E-state index contributed by atoms with van der Waals surface area (Å²) in [5.41, 5.74) is 7.79. The lowest BCUT2D eigenvalue weighted by atomic mass is 9.99. The quantitative estimate of drug-likeness (QED) is 0.377. The minimum atomic E-state index is 0.999. The van der Waals surface area contributed by atoms with Crippen LogP contribution in [-0.4, -0.2) is 4.98 Å². The number of aromatic nitrogens is 1. The Hall–Kier alpha value is -2.67. The van der Waals surface area contributed by atoms with Gasteiger partial charge in [-0.1, -0.05) is 54.6 Å². The summed E-state index contributed by atoms with van der Waals surface area (Å²) >= 11 is 0. The van der Waals surface area contributed by atoms with Gasteiger partial charge in [0, 0.05) is 17.4 Å². The van der Waals surface area contributed by atoms with E-state index in [-0.39, 0.29) is 0 Å². The minimum Gasteiger partial charge on any atom is -0.247 e. The van der Waals surface area contributed by atoms with Crippen molar-refractivity contribution in [1.82, 2.24) is 4.98 Å². The van der Waals surface area contributed by atoms with E-state index in [0.717, 1.165) is 11.9 Å². The van der Waals surface area contributed by atoms with Crippen LogP contribution in [0.4, 0.5) is 0 Å². The molecule has 0 aliphatic heterocycles. The van der Waals surface area contributed by atoms with E-state index in [2.05, 4.69) is 67.6 Å². The fourth-order valence-corrected chi connectivity index (χ4v) is 3.77. The van der Waals surface area contributed by atoms with Crippen molar-refractivity contribution in [3.63, 3.8) is 0 Å². The summed E-state index contributed by atoms with van der Waals surface area (Å²) < 4.78 is 0. The van der Waals surface area contributed by atoms with Crippen molar-refractivity contribution in [1.29, 1.82) is 0 Å². The maximum atomic E-state index is 5.01. The van der Waals surface area contributed by atoms with E-state index in [0.29, 0.717) is 0 Å². The first kappa shape index (κ1) is 11.9. The van der Waals surface area contributed by atoms with Crippen LogP contribution in [0.5, 0.6) is 0 Å². The molecule has 1 heterocycles. The molecule has 0 bridgehead atoms. The molecular weight excluding hydrogens is 266 g/mol. The fraction of sp³-hybridized carbons (Fsp3) is 0.0952. The Bertz CT molecular complexity index is 1060. The molecular formula is C21H15N. The molecule has 1 aliphatic rings. The van der Waals surface area contributed by atoms with Gasteiger partial charge in [0.1, 0.15) is 0 Å². The normalized spacial score (nSPS) is 12.6. The number of aryl methyl sites for hydroxylation is 1. The molecule has 0 radical (unpaired) electrons. The predicted octanol–water partition coefficient (Wildman–Crippen LogP) is 5.27. The van der Waals surface area contributed by atoms with E-state index >= 15 is 0 Å². The Labute approximate surface area is 129 Å². The van der Waals surface area contributed by atoms with Gasteiger partial charge in [0.05, 0.1) is 11.2 Å². The highest BCUT2D eigenvalue weighted by molar-refractivity contribution is 6.02. The summed E-state index contributed by atoms with van der Waals surface area (Å²) in [6.45, 7) is 2.23. The van der Waals surface area contributed by atoms with Crippen LogP contribution in [-0.2, 0) is 6.42 Å². The molecule has 104 valence electrons. The Morgan fingerprint density at radius 2 is 1.59 bits per heavy atom. The van der Waals surface area contributed by atoms with Crippen LogP contribution in [0.1, 0.15) is 16.7 Å². The van der Waals surface area contributed by atoms with Crippen LogP contribution in [0.15, 0.2) is 60.7 Å². The van der Waals surface area contributed by atoms with Crippen molar-refractivity contribution >= 4 is 21.7 Å². The summed E-state index contributed by atoms with van der Waals surface area (Å²) in [6.07, 6.45) is 0.999. The van der Waals surface area contributed by atoms with Gasteiger partial charge >= 0.3 is 0 Å². The Morgan fingerprint density at radius 1 is 0.818 bits per heavy atom. The molecule has 0 unspecified atom stereocenters. The molecule has 0 saturated heterocycles. The lowest BCUT2D eigenvalue weighted by Gasteiger charge is -2.09. The molecule has 0 atom stereocenters. The number of hydrogen-bond acceptors (Lipinski definition) is 1. The number of pyridine rings is 1. The van der Waals surface area contributed by atoms with Crippen molar-refractivity contribution in [2.45, 2.75) is 13.3 Å². The average molecular weight is 281 g/mol. The second kappa shape index (κ2) is 4.17. The second-order valence-corrected chi connectivity index (χ2v) is 6.08. The highest BCUT2D eigenvalue weighted by atomic mass is 14.7. The largest absolute Gasteiger partial charge is 0.247 e. The van der Waals surface area contributed by atoms with Crippen LogP contribution >= 0.6 is 0 Å². The number of fused-ring (bicyclic) bond motifs is 6. The van der Waals surface area contributed by atoms with Gasteiger partial charge in [-0.15, -0.1) is 0 Å². The van der Waals surface area contributed by atoms with E-state index in [9.17, 15) is 0 Å². The lowest BCUT2D eigenvalue weighted by Crippen LogP contribution is -1.92. The molecule has 3 aromatic carbocycles. The molecule has 1 aromatic heterocycles. The van der Waals surface area contributed by atoms with Gasteiger partial charge in [0.15, 0.2) is 0 Å². The Balaban J connectivity index is 1.95. The zero-order valence-electron chi connectivity index (χ0n) is 12.4. The summed E-state index contributed by atoms with van der Waals surface area (Å²) in [4.78, 5) is 5.01. The molecule has 1 heteroatoms. The van der Waals surface area contributed by atoms with Gasteiger partial charge in [-0.3, -0.25) is 0 Å². The first-order valence-corrected chi connectivity index (χ1v) is 7.72. The zero-order valence-corrected chi connectivity index (χ0v) is 12.4. The van der Waals surface area contributed by atoms with Crippen LogP contribution in [0.2, 0.25) is 0 Å². The molecule has 0 fully saturated rings. The van der Waals surface area contributed by atoms with E-state index in [4.69, 9.17) is 4.98 Å². The number of benzene rings is 3. The van der Waals surface area contributed by atoms with Gasteiger partial charge in [-0.2, -0.15) is 0 Å². The standard InChI is InChI=1S/C21H15N/c1-13-16-7-4-5-9-19(16)22-21-18(13)12-15-11-10-14-6-2-3-8-17(14)20(15)21/h2-11H,12H2,1H3. The third-order valence-corrected chi connectivity index (χ3v) is 4.90. The molecule has 0 spiro atoms. The van der Waals surface area contributed by atoms with E-state index in [1.54, 1.807) is 0 Å². The van der Waals surface area contributed by atoms with Crippen molar-refractivity contribution < 1.29 is 0 Å². The van der Waals surface area contributed by atoms with Crippen molar-refractivity contribution in [3.8, 4) is 11.3 Å². The van der Waals surface area contributed by atoms with Gasteiger partial charge in [-0.25, -0.2) is 4.98 Å². The van der Waals surface area contributed by atoms with Crippen LogP contribution < -0.4 is 0 Å². The lowest BCUT2D eigenvalue weighted by molar-refractivity contribution is 1.21. The highest BCUT2D eigenvalue weighted by Crippen LogP contribution is 2.42. The smallest absolute Gasteiger partial charge is 0.0756 e. The molecule has 22 heavy (non-hydrogen) atoms. The molecule has 1 nitrogen and oxygen atoms in total. The first-order chi connectivity index (χ1) is 10.8.